The van der Waals surface area contributed by atoms with Crippen molar-refractivity contribution in [2.24, 2.45) is 17.7 Å². The average molecular weight is 272 g/mol. The van der Waals surface area contributed by atoms with Gasteiger partial charge >= 0.3 is 5.97 Å². The van der Waals surface area contributed by atoms with Crippen LogP contribution < -0.4 is 5.84 Å². The number of rotatable bonds is 10. The molecular weight excluding hydrogens is 244 g/mol. The number of aliphatic carboxylic acids is 1. The Labute approximate surface area is 116 Å². The van der Waals surface area contributed by atoms with Gasteiger partial charge in [-0.25, -0.2) is 5.84 Å². The highest BCUT2D eigenvalue weighted by Crippen LogP contribution is 2.18. The van der Waals surface area contributed by atoms with Crippen LogP contribution >= 0.6 is 0 Å². The van der Waals surface area contributed by atoms with Crippen LogP contribution in [0, 0.1) is 11.8 Å². The lowest BCUT2D eigenvalue weighted by molar-refractivity contribution is -0.144. The first-order valence-corrected chi connectivity index (χ1v) is 7.20. The Balaban J connectivity index is 4.19. The Bertz CT molecular complexity index is 282. The van der Waals surface area contributed by atoms with Crippen LogP contribution in [0.1, 0.15) is 59.3 Å². The van der Waals surface area contributed by atoms with Crippen molar-refractivity contribution in [3.8, 4) is 0 Å². The number of nitrogens with zero attached hydrogens (tertiary/aromatic N) is 1. The van der Waals surface area contributed by atoms with Crippen molar-refractivity contribution in [2.45, 2.75) is 59.3 Å². The first-order valence-electron chi connectivity index (χ1n) is 7.20. The van der Waals surface area contributed by atoms with E-state index in [0.717, 1.165) is 24.3 Å². The van der Waals surface area contributed by atoms with Gasteiger partial charge in [-0.2, -0.15) is 0 Å². The normalized spacial score (nSPS) is 13.9. The second kappa shape index (κ2) is 9.78. The standard InChI is InChI=1S/C14H28N2O3/c1-4-6-7-11(3)8-9-12(14(18)19)10-16(15)13(17)5-2/h11-12H,4-10,15H2,1-3H3,(H,18,19). The van der Waals surface area contributed by atoms with Gasteiger partial charge in [0.1, 0.15) is 0 Å². The van der Waals surface area contributed by atoms with Gasteiger partial charge in [0.2, 0.25) is 5.91 Å². The summed E-state index contributed by atoms with van der Waals surface area (Å²) < 4.78 is 0. The Morgan fingerprint density at radius 1 is 1.21 bits per heavy atom. The molecule has 3 N–H and O–H groups in total. The topological polar surface area (TPSA) is 83.6 Å². The van der Waals surface area contributed by atoms with E-state index >= 15 is 0 Å². The number of carboxylic acids is 1. The first-order chi connectivity index (χ1) is 8.92. The van der Waals surface area contributed by atoms with Crippen LogP contribution in [-0.2, 0) is 9.59 Å². The molecule has 0 heterocycles. The fourth-order valence-corrected chi connectivity index (χ4v) is 2.02. The molecule has 0 saturated heterocycles. The fourth-order valence-electron chi connectivity index (χ4n) is 2.02. The number of unbranched alkanes of at least 4 members (excludes halogenated alkanes) is 1. The summed E-state index contributed by atoms with van der Waals surface area (Å²) in [6, 6.07) is 0. The maximum atomic E-state index is 11.4. The van der Waals surface area contributed by atoms with Crippen LogP contribution in [0.15, 0.2) is 0 Å². The molecule has 0 rings (SSSR count). The molecule has 0 aromatic carbocycles. The Kier molecular flexibility index (Phi) is 9.21. The fraction of sp³-hybridized carbons (Fsp3) is 0.857. The minimum Gasteiger partial charge on any atom is -0.481 e. The molecule has 2 atom stereocenters. The molecule has 0 spiro atoms. The molecule has 0 aromatic heterocycles. The number of nitrogens with two attached hydrogens (primary N) is 1. The van der Waals surface area contributed by atoms with Crippen LogP contribution in [0.4, 0.5) is 0 Å². The number of carbonyl (C=O) groups excluding carboxylic acids is 1. The average Bonchev–Trinajstić information content (AvgIpc) is 2.39. The van der Waals surface area contributed by atoms with E-state index < -0.39 is 11.9 Å². The lowest BCUT2D eigenvalue weighted by Crippen LogP contribution is -2.42. The number of amides is 1. The molecule has 0 bridgehead atoms. The zero-order chi connectivity index (χ0) is 14.8. The molecule has 112 valence electrons. The maximum absolute atomic E-state index is 11.4. The number of hydrogen-bond donors (Lipinski definition) is 2. The number of carbonyl (C=O) groups is 2. The van der Waals surface area contributed by atoms with E-state index in [9.17, 15) is 14.7 Å². The van der Waals surface area contributed by atoms with Crippen molar-refractivity contribution >= 4 is 11.9 Å². The number of hydrazine groups is 1. The quantitative estimate of drug-likeness (QED) is 0.363. The third-order valence-corrected chi connectivity index (χ3v) is 3.45. The van der Waals surface area contributed by atoms with E-state index in [-0.39, 0.29) is 12.5 Å². The summed E-state index contributed by atoms with van der Waals surface area (Å²) in [6.45, 7) is 6.11. The van der Waals surface area contributed by atoms with Gasteiger partial charge in [-0.3, -0.25) is 14.6 Å². The Morgan fingerprint density at radius 3 is 2.32 bits per heavy atom. The highest BCUT2D eigenvalue weighted by atomic mass is 16.4. The summed E-state index contributed by atoms with van der Waals surface area (Å²) in [4.78, 5) is 22.5. The Hall–Kier alpha value is -1.10. The highest BCUT2D eigenvalue weighted by Gasteiger charge is 2.22. The second-order valence-electron chi connectivity index (χ2n) is 5.26. The molecular formula is C14H28N2O3. The molecule has 1 amide bonds. The number of carboxylic acid groups (broad SMARTS) is 1. The van der Waals surface area contributed by atoms with Crippen molar-refractivity contribution in [3.05, 3.63) is 0 Å². The molecule has 0 fully saturated rings. The zero-order valence-corrected chi connectivity index (χ0v) is 12.4. The molecule has 2 unspecified atom stereocenters. The van der Waals surface area contributed by atoms with Gasteiger partial charge in [0.25, 0.3) is 0 Å². The third-order valence-electron chi connectivity index (χ3n) is 3.45. The molecule has 5 nitrogen and oxygen atoms in total. The minimum atomic E-state index is -0.873. The van der Waals surface area contributed by atoms with Crippen molar-refractivity contribution in [3.63, 3.8) is 0 Å². The molecule has 0 aliphatic heterocycles. The molecule has 19 heavy (non-hydrogen) atoms. The monoisotopic (exact) mass is 272 g/mol. The van der Waals surface area contributed by atoms with Gasteiger partial charge in [-0.1, -0.05) is 40.0 Å². The lowest BCUT2D eigenvalue weighted by atomic mass is 9.93. The minimum absolute atomic E-state index is 0.0997. The summed E-state index contributed by atoms with van der Waals surface area (Å²) in [5.74, 6) is 4.44. The molecule has 0 aliphatic carbocycles. The molecule has 5 heteroatoms. The summed E-state index contributed by atoms with van der Waals surface area (Å²) in [5, 5.41) is 10.2. The smallest absolute Gasteiger partial charge is 0.308 e. The van der Waals surface area contributed by atoms with Gasteiger partial charge in [0, 0.05) is 6.42 Å². The van der Waals surface area contributed by atoms with Gasteiger partial charge < -0.3 is 5.11 Å². The molecule has 0 aliphatic rings. The van der Waals surface area contributed by atoms with E-state index in [1.165, 1.54) is 6.42 Å². The Morgan fingerprint density at radius 2 is 1.84 bits per heavy atom. The second-order valence-corrected chi connectivity index (χ2v) is 5.26. The van der Waals surface area contributed by atoms with Gasteiger partial charge in [0.15, 0.2) is 0 Å². The zero-order valence-electron chi connectivity index (χ0n) is 12.4. The largest absolute Gasteiger partial charge is 0.481 e. The maximum Gasteiger partial charge on any atom is 0.308 e. The predicted octanol–water partition coefficient (Wildman–Crippen LogP) is 2.41. The van der Waals surface area contributed by atoms with Crippen LogP contribution in [0.3, 0.4) is 0 Å². The summed E-state index contributed by atoms with van der Waals surface area (Å²) in [5.41, 5.74) is 0. The summed E-state index contributed by atoms with van der Waals surface area (Å²) in [7, 11) is 0. The summed E-state index contributed by atoms with van der Waals surface area (Å²) >= 11 is 0. The SMILES string of the molecule is CCCCC(C)CCC(CN(N)C(=O)CC)C(=O)O. The first kappa shape index (κ1) is 17.9. The van der Waals surface area contributed by atoms with Crippen LogP contribution in [0.2, 0.25) is 0 Å². The van der Waals surface area contributed by atoms with Gasteiger partial charge in [-0.05, 0) is 18.8 Å². The van der Waals surface area contributed by atoms with Crippen molar-refractivity contribution in [1.29, 1.82) is 0 Å². The lowest BCUT2D eigenvalue weighted by Gasteiger charge is -2.21. The summed E-state index contributed by atoms with van der Waals surface area (Å²) in [6.07, 6.45) is 5.21. The van der Waals surface area contributed by atoms with E-state index in [2.05, 4.69) is 13.8 Å². The van der Waals surface area contributed by atoms with E-state index in [4.69, 9.17) is 5.84 Å². The number of hydrogen-bond acceptors (Lipinski definition) is 3. The highest BCUT2D eigenvalue weighted by molar-refractivity contribution is 5.76. The van der Waals surface area contributed by atoms with Crippen molar-refractivity contribution < 1.29 is 14.7 Å². The van der Waals surface area contributed by atoms with Gasteiger partial charge in [0.05, 0.1) is 12.5 Å². The van der Waals surface area contributed by atoms with E-state index in [1.54, 1.807) is 6.92 Å². The predicted molar refractivity (Wildman–Crippen MR) is 75.2 cm³/mol. The van der Waals surface area contributed by atoms with E-state index in [1.807, 2.05) is 0 Å². The molecule has 0 aromatic rings. The van der Waals surface area contributed by atoms with Crippen LogP contribution in [0.5, 0.6) is 0 Å². The van der Waals surface area contributed by atoms with Crippen molar-refractivity contribution in [1.82, 2.24) is 5.01 Å². The van der Waals surface area contributed by atoms with Gasteiger partial charge in [-0.15, -0.1) is 0 Å². The van der Waals surface area contributed by atoms with Crippen LogP contribution in [-0.4, -0.2) is 28.5 Å². The van der Waals surface area contributed by atoms with Crippen LogP contribution in [0.25, 0.3) is 0 Å². The third kappa shape index (κ3) is 7.82. The van der Waals surface area contributed by atoms with Crippen molar-refractivity contribution in [2.75, 3.05) is 6.54 Å². The molecule has 0 saturated carbocycles. The molecule has 0 radical (unpaired) electrons. The van der Waals surface area contributed by atoms with E-state index in [0.29, 0.717) is 18.8 Å².